The van der Waals surface area contributed by atoms with E-state index in [2.05, 4.69) is 19.2 Å². The van der Waals surface area contributed by atoms with Crippen molar-refractivity contribution in [2.24, 2.45) is 0 Å². The molecule has 1 saturated heterocycles. The predicted octanol–water partition coefficient (Wildman–Crippen LogP) is 7.89. The first-order valence-corrected chi connectivity index (χ1v) is 23.9. The molecule has 1 rings (SSSR count). The number of carbonyl (C=O) groups excluding carboxylic acids is 1. The number of unbranched alkanes of at least 4 members (excludes halogenated alkanes) is 28. The molecule has 340 valence electrons. The van der Waals surface area contributed by atoms with Crippen molar-refractivity contribution >= 4 is 5.91 Å². The van der Waals surface area contributed by atoms with Crippen LogP contribution in [0.2, 0.25) is 0 Å². The van der Waals surface area contributed by atoms with E-state index in [-0.39, 0.29) is 6.42 Å². The van der Waals surface area contributed by atoms with Gasteiger partial charge in [-0.05, 0) is 12.8 Å². The molecule has 0 radical (unpaired) electrons. The van der Waals surface area contributed by atoms with Gasteiger partial charge in [-0.3, -0.25) is 4.79 Å². The number of nitrogens with one attached hydrogen (secondary N) is 1. The number of carbonyl (C=O) groups is 1. The van der Waals surface area contributed by atoms with E-state index in [0.29, 0.717) is 19.3 Å². The number of hydrogen-bond acceptors (Lipinski definition) is 10. The largest absolute Gasteiger partial charge is 0.394 e. The van der Waals surface area contributed by atoms with Crippen molar-refractivity contribution in [1.29, 1.82) is 0 Å². The molecule has 0 aromatic carbocycles. The van der Waals surface area contributed by atoms with Gasteiger partial charge in [0.15, 0.2) is 6.29 Å². The minimum absolute atomic E-state index is 0.265. The zero-order valence-electron chi connectivity index (χ0n) is 36.6. The molecule has 0 aliphatic carbocycles. The van der Waals surface area contributed by atoms with E-state index in [4.69, 9.17) is 9.47 Å². The average Bonchev–Trinajstić information content (AvgIpc) is 3.21. The van der Waals surface area contributed by atoms with Gasteiger partial charge in [0.05, 0.1) is 25.4 Å². The Morgan fingerprint density at radius 3 is 1.30 bits per heavy atom. The normalized spacial score (nSPS) is 22.0. The van der Waals surface area contributed by atoms with E-state index < -0.39 is 74.2 Å². The van der Waals surface area contributed by atoms with Gasteiger partial charge in [-0.25, -0.2) is 0 Å². The van der Waals surface area contributed by atoms with Gasteiger partial charge in [0.2, 0.25) is 5.91 Å². The molecule has 9 atom stereocenters. The third-order valence-electron chi connectivity index (χ3n) is 11.9. The van der Waals surface area contributed by atoms with Crippen LogP contribution in [-0.2, 0) is 14.3 Å². The van der Waals surface area contributed by atoms with E-state index in [1.54, 1.807) is 0 Å². The molecule has 0 saturated carbocycles. The smallest absolute Gasteiger partial charge is 0.249 e. The van der Waals surface area contributed by atoms with Crippen LogP contribution in [0.1, 0.15) is 219 Å². The lowest BCUT2D eigenvalue weighted by Crippen LogP contribution is -2.60. The van der Waals surface area contributed by atoms with Crippen molar-refractivity contribution in [1.82, 2.24) is 5.32 Å². The maximum absolute atomic E-state index is 13.0. The van der Waals surface area contributed by atoms with Crippen molar-refractivity contribution in [2.75, 3.05) is 13.2 Å². The van der Waals surface area contributed by atoms with Crippen LogP contribution in [0.25, 0.3) is 0 Å². The topological polar surface area (TPSA) is 189 Å². The van der Waals surface area contributed by atoms with Gasteiger partial charge in [0.25, 0.3) is 0 Å². The van der Waals surface area contributed by atoms with Crippen LogP contribution < -0.4 is 5.32 Å². The summed E-state index contributed by atoms with van der Waals surface area (Å²) in [5.74, 6) is -0.696. The van der Waals surface area contributed by atoms with Gasteiger partial charge >= 0.3 is 0 Å². The number of rotatable bonds is 40. The Labute approximate surface area is 348 Å². The van der Waals surface area contributed by atoms with Gasteiger partial charge in [-0.2, -0.15) is 0 Å². The average molecular weight is 818 g/mol. The number of amides is 1. The molecular formula is C46H91NO10. The first kappa shape index (κ1) is 54.1. The molecule has 1 heterocycles. The van der Waals surface area contributed by atoms with Crippen molar-refractivity contribution < 1.29 is 50.0 Å². The SMILES string of the molecule is CCCCCCCCCCCCCCCCCCCCCCC(O)C(O)C(COC1OC(CO)C(O)C(O)C1O)NC(=O)C(O)CCCCCCCCCCCC. The number of ether oxygens (including phenoxy) is 2. The lowest BCUT2D eigenvalue weighted by atomic mass is 9.98. The van der Waals surface area contributed by atoms with Crippen LogP contribution in [0.15, 0.2) is 0 Å². The fourth-order valence-corrected chi connectivity index (χ4v) is 7.91. The Morgan fingerprint density at radius 1 is 0.544 bits per heavy atom. The molecule has 0 bridgehead atoms. The van der Waals surface area contributed by atoms with Crippen LogP contribution in [-0.4, -0.2) is 110 Å². The minimum atomic E-state index is -1.66. The summed E-state index contributed by atoms with van der Waals surface area (Å²) in [5, 5.41) is 75.6. The second-order valence-corrected chi connectivity index (χ2v) is 17.2. The first-order valence-electron chi connectivity index (χ1n) is 23.9. The van der Waals surface area contributed by atoms with Crippen LogP contribution in [0.4, 0.5) is 0 Å². The van der Waals surface area contributed by atoms with Crippen LogP contribution in [0, 0.1) is 0 Å². The van der Waals surface area contributed by atoms with Gasteiger partial charge in [0.1, 0.15) is 36.6 Å². The fourth-order valence-electron chi connectivity index (χ4n) is 7.91. The van der Waals surface area contributed by atoms with E-state index >= 15 is 0 Å². The number of aliphatic hydroxyl groups is 7. The van der Waals surface area contributed by atoms with E-state index in [0.717, 1.165) is 38.5 Å². The highest BCUT2D eigenvalue weighted by Gasteiger charge is 2.44. The summed E-state index contributed by atoms with van der Waals surface area (Å²) in [6.07, 6.45) is 25.9. The lowest BCUT2D eigenvalue weighted by molar-refractivity contribution is -0.303. The Hall–Kier alpha value is -0.890. The highest BCUT2D eigenvalue weighted by atomic mass is 16.7. The second kappa shape index (κ2) is 36.9. The molecule has 1 aliphatic heterocycles. The molecule has 11 heteroatoms. The van der Waals surface area contributed by atoms with Crippen LogP contribution in [0.3, 0.4) is 0 Å². The van der Waals surface area contributed by atoms with Crippen molar-refractivity contribution in [3.8, 4) is 0 Å². The van der Waals surface area contributed by atoms with Gasteiger partial charge < -0.3 is 50.5 Å². The molecule has 0 spiro atoms. The van der Waals surface area contributed by atoms with Gasteiger partial charge in [-0.15, -0.1) is 0 Å². The summed E-state index contributed by atoms with van der Waals surface area (Å²) in [4.78, 5) is 13.0. The maximum Gasteiger partial charge on any atom is 0.249 e. The molecule has 9 unspecified atom stereocenters. The summed E-state index contributed by atoms with van der Waals surface area (Å²) in [5.41, 5.74) is 0. The summed E-state index contributed by atoms with van der Waals surface area (Å²) >= 11 is 0. The fraction of sp³-hybridized carbons (Fsp3) is 0.978. The summed E-state index contributed by atoms with van der Waals surface area (Å²) in [6.45, 7) is 3.43. The van der Waals surface area contributed by atoms with E-state index in [9.17, 15) is 40.5 Å². The molecule has 0 aromatic heterocycles. The van der Waals surface area contributed by atoms with Crippen molar-refractivity contribution in [3.05, 3.63) is 0 Å². The Balaban J connectivity index is 2.38. The highest BCUT2D eigenvalue weighted by molar-refractivity contribution is 5.80. The molecule has 1 fully saturated rings. The zero-order chi connectivity index (χ0) is 41.9. The van der Waals surface area contributed by atoms with Crippen LogP contribution in [0.5, 0.6) is 0 Å². The number of hydrogen-bond donors (Lipinski definition) is 8. The monoisotopic (exact) mass is 818 g/mol. The summed E-state index contributed by atoms with van der Waals surface area (Å²) < 4.78 is 11.1. The second-order valence-electron chi connectivity index (χ2n) is 17.2. The highest BCUT2D eigenvalue weighted by Crippen LogP contribution is 2.23. The molecule has 1 amide bonds. The van der Waals surface area contributed by atoms with E-state index in [1.807, 2.05) is 0 Å². The van der Waals surface area contributed by atoms with Gasteiger partial charge in [0, 0.05) is 0 Å². The number of aliphatic hydroxyl groups excluding tert-OH is 7. The molecule has 1 aliphatic rings. The molecule has 11 nitrogen and oxygen atoms in total. The Morgan fingerprint density at radius 2 is 0.912 bits per heavy atom. The standard InChI is InChI=1S/C46H91NO10/c1-3-5-7-9-11-13-15-16-17-18-19-20-21-22-23-24-26-27-29-31-33-38(49)41(51)37(36-56-46-44(54)43(53)42(52)40(35-48)57-46)47-45(55)39(50)34-32-30-28-25-14-12-10-8-6-4-2/h37-44,46,48-54H,3-36H2,1-2H3,(H,47,55). The summed E-state index contributed by atoms with van der Waals surface area (Å²) in [7, 11) is 0. The molecular weight excluding hydrogens is 727 g/mol. The Kier molecular flexibility index (Phi) is 35.1. The zero-order valence-corrected chi connectivity index (χ0v) is 36.6. The van der Waals surface area contributed by atoms with E-state index in [1.165, 1.54) is 141 Å². The molecule has 57 heavy (non-hydrogen) atoms. The lowest BCUT2D eigenvalue weighted by Gasteiger charge is -2.40. The third-order valence-corrected chi connectivity index (χ3v) is 11.9. The van der Waals surface area contributed by atoms with Gasteiger partial charge in [-0.1, -0.05) is 206 Å². The Bertz CT molecular complexity index is 897. The molecule has 8 N–H and O–H groups in total. The summed E-state index contributed by atoms with van der Waals surface area (Å²) in [6, 6.07) is -1.16. The van der Waals surface area contributed by atoms with Crippen molar-refractivity contribution in [2.45, 2.75) is 274 Å². The third kappa shape index (κ3) is 26.8. The molecule has 0 aromatic rings. The first-order chi connectivity index (χ1) is 27.7. The maximum atomic E-state index is 13.0. The van der Waals surface area contributed by atoms with Crippen molar-refractivity contribution in [3.63, 3.8) is 0 Å². The predicted molar refractivity (Wildman–Crippen MR) is 229 cm³/mol. The minimum Gasteiger partial charge on any atom is -0.394 e. The van der Waals surface area contributed by atoms with Crippen LogP contribution >= 0.6 is 0 Å². The quantitative estimate of drug-likeness (QED) is 0.0283.